The summed E-state index contributed by atoms with van der Waals surface area (Å²) in [6.07, 6.45) is 0. The highest BCUT2D eigenvalue weighted by Crippen LogP contribution is 2.16. The van der Waals surface area contributed by atoms with Crippen molar-refractivity contribution in [2.24, 2.45) is 0 Å². The van der Waals surface area contributed by atoms with Crippen LogP contribution in [0.4, 0.5) is 0 Å². The summed E-state index contributed by atoms with van der Waals surface area (Å²) in [5, 5.41) is 2.29. The van der Waals surface area contributed by atoms with Crippen molar-refractivity contribution in [3.63, 3.8) is 0 Å². The molecule has 0 saturated heterocycles. The fraction of sp³-hybridized carbons (Fsp3) is 0.462. The molecule has 1 N–H and O–H groups in total. The molecule has 0 aliphatic rings. The molecule has 0 aliphatic carbocycles. The molecule has 0 radical (unpaired) electrons. The molecule has 0 saturated carbocycles. The van der Waals surface area contributed by atoms with E-state index in [-0.39, 0.29) is 16.8 Å². The van der Waals surface area contributed by atoms with E-state index >= 15 is 0 Å². The van der Waals surface area contributed by atoms with Gasteiger partial charge in [0.25, 0.3) is 5.91 Å². The summed E-state index contributed by atoms with van der Waals surface area (Å²) in [7, 11) is -3.27. The van der Waals surface area contributed by atoms with E-state index in [1.165, 1.54) is 24.3 Å². The lowest BCUT2D eigenvalue weighted by atomic mass is 10.2. The predicted molar refractivity (Wildman–Crippen MR) is 71.4 cm³/mol. The van der Waals surface area contributed by atoms with Crippen molar-refractivity contribution >= 4 is 15.7 Å². The van der Waals surface area contributed by atoms with E-state index in [2.05, 4.69) is 5.32 Å². The van der Waals surface area contributed by atoms with Gasteiger partial charge in [0.2, 0.25) is 0 Å². The third kappa shape index (κ3) is 3.32. The van der Waals surface area contributed by atoms with Gasteiger partial charge in [-0.2, -0.15) is 0 Å². The number of amides is 1. The third-order valence-electron chi connectivity index (χ3n) is 2.49. The average Bonchev–Trinajstić information content (AvgIpc) is 2.28. The molecule has 4 nitrogen and oxygen atoms in total. The van der Waals surface area contributed by atoms with Gasteiger partial charge >= 0.3 is 0 Å². The zero-order valence-corrected chi connectivity index (χ0v) is 11.9. The second-order valence-electron chi connectivity index (χ2n) is 4.75. The Kier molecular flexibility index (Phi) is 4.51. The average molecular weight is 269 g/mol. The molecule has 0 aliphatic heterocycles. The van der Waals surface area contributed by atoms with E-state index in [1.807, 2.05) is 13.8 Å². The van der Waals surface area contributed by atoms with Crippen LogP contribution < -0.4 is 5.32 Å². The van der Waals surface area contributed by atoms with Crippen LogP contribution in [0.2, 0.25) is 0 Å². The Morgan fingerprint density at radius 3 is 1.94 bits per heavy atom. The molecular formula is C13H19NO3S. The van der Waals surface area contributed by atoms with Gasteiger partial charge in [-0.15, -0.1) is 0 Å². The first-order chi connectivity index (χ1) is 8.25. The number of hydrogen-bond acceptors (Lipinski definition) is 3. The predicted octanol–water partition coefficient (Wildman–Crippen LogP) is 2.01. The van der Waals surface area contributed by atoms with Crippen LogP contribution in [0.15, 0.2) is 29.2 Å². The fourth-order valence-electron chi connectivity index (χ4n) is 1.41. The molecule has 0 aromatic heterocycles. The molecule has 5 heteroatoms. The Balaban J connectivity index is 2.97. The molecule has 0 heterocycles. The first-order valence-electron chi connectivity index (χ1n) is 5.90. The zero-order valence-electron chi connectivity index (χ0n) is 11.1. The van der Waals surface area contributed by atoms with E-state index in [1.54, 1.807) is 13.8 Å². The molecule has 1 aromatic rings. The summed E-state index contributed by atoms with van der Waals surface area (Å²) >= 11 is 0. The van der Waals surface area contributed by atoms with Crippen molar-refractivity contribution in [3.05, 3.63) is 29.8 Å². The monoisotopic (exact) mass is 269 g/mol. The van der Waals surface area contributed by atoms with E-state index in [0.717, 1.165) is 0 Å². The van der Waals surface area contributed by atoms with Crippen LogP contribution >= 0.6 is 0 Å². The van der Waals surface area contributed by atoms with Crippen molar-refractivity contribution in [3.8, 4) is 0 Å². The van der Waals surface area contributed by atoms with Gasteiger partial charge in [0.15, 0.2) is 9.84 Å². The van der Waals surface area contributed by atoms with E-state index in [9.17, 15) is 13.2 Å². The minimum atomic E-state index is -3.27. The van der Waals surface area contributed by atoms with Gasteiger partial charge in [-0.05, 0) is 52.0 Å². The highest BCUT2D eigenvalue weighted by atomic mass is 32.2. The molecule has 0 unspecified atom stereocenters. The maximum absolute atomic E-state index is 11.9. The molecule has 1 rings (SSSR count). The van der Waals surface area contributed by atoms with Gasteiger partial charge < -0.3 is 5.32 Å². The standard InChI is InChI=1S/C13H19NO3S/c1-9(2)14-13(15)11-5-7-12(8-6-11)18(16,17)10(3)4/h5-10H,1-4H3,(H,14,15). The third-order valence-corrected chi connectivity index (χ3v) is 4.66. The number of rotatable bonds is 4. The van der Waals surface area contributed by atoms with Crippen LogP contribution in [0.1, 0.15) is 38.1 Å². The first-order valence-corrected chi connectivity index (χ1v) is 7.44. The van der Waals surface area contributed by atoms with Crippen molar-refractivity contribution in [1.82, 2.24) is 5.32 Å². The number of benzene rings is 1. The fourth-order valence-corrected chi connectivity index (χ4v) is 2.47. The summed E-state index contributed by atoms with van der Waals surface area (Å²) in [5.41, 5.74) is 0.464. The molecule has 0 fully saturated rings. The van der Waals surface area contributed by atoms with Crippen LogP contribution in [-0.4, -0.2) is 25.6 Å². The molecule has 100 valence electrons. The number of carbonyl (C=O) groups excluding carboxylic acids is 1. The van der Waals surface area contributed by atoms with Gasteiger partial charge in [0, 0.05) is 11.6 Å². The van der Waals surface area contributed by atoms with E-state index in [0.29, 0.717) is 5.56 Å². The lowest BCUT2D eigenvalue weighted by Crippen LogP contribution is -2.30. The van der Waals surface area contributed by atoms with Crippen molar-refractivity contribution in [2.45, 2.75) is 43.9 Å². The maximum Gasteiger partial charge on any atom is 0.251 e. The van der Waals surface area contributed by atoms with Crippen molar-refractivity contribution in [2.75, 3.05) is 0 Å². The first kappa shape index (κ1) is 14.7. The summed E-state index contributed by atoms with van der Waals surface area (Å²) in [4.78, 5) is 11.9. The Bertz CT molecular complexity index is 516. The van der Waals surface area contributed by atoms with E-state index in [4.69, 9.17) is 0 Å². The summed E-state index contributed by atoms with van der Waals surface area (Å²) in [5.74, 6) is -0.196. The van der Waals surface area contributed by atoms with Crippen LogP contribution in [0, 0.1) is 0 Å². The molecule has 1 aromatic carbocycles. The normalized spacial score (nSPS) is 11.9. The molecule has 18 heavy (non-hydrogen) atoms. The summed E-state index contributed by atoms with van der Waals surface area (Å²) < 4.78 is 23.8. The minimum Gasteiger partial charge on any atom is -0.350 e. The van der Waals surface area contributed by atoms with E-state index < -0.39 is 15.1 Å². The molecule has 1 amide bonds. The maximum atomic E-state index is 11.9. The number of nitrogens with one attached hydrogen (secondary N) is 1. The number of sulfone groups is 1. The Hall–Kier alpha value is -1.36. The Morgan fingerprint density at radius 2 is 1.56 bits per heavy atom. The topological polar surface area (TPSA) is 63.2 Å². The summed E-state index contributed by atoms with van der Waals surface area (Å²) in [6, 6.07) is 6.08. The second-order valence-corrected chi connectivity index (χ2v) is 7.25. The highest BCUT2D eigenvalue weighted by molar-refractivity contribution is 7.92. The molecular weight excluding hydrogens is 250 g/mol. The minimum absolute atomic E-state index is 0.0524. The lowest BCUT2D eigenvalue weighted by molar-refractivity contribution is 0.0943. The van der Waals surface area contributed by atoms with Gasteiger partial charge in [0.05, 0.1) is 10.1 Å². The number of hydrogen-bond donors (Lipinski definition) is 1. The summed E-state index contributed by atoms with van der Waals surface area (Å²) in [6.45, 7) is 7.01. The van der Waals surface area contributed by atoms with Gasteiger partial charge in [-0.25, -0.2) is 8.42 Å². The van der Waals surface area contributed by atoms with Gasteiger partial charge in [0.1, 0.15) is 0 Å². The quantitative estimate of drug-likeness (QED) is 0.909. The van der Waals surface area contributed by atoms with Crippen LogP contribution in [-0.2, 0) is 9.84 Å². The highest BCUT2D eigenvalue weighted by Gasteiger charge is 2.19. The largest absolute Gasteiger partial charge is 0.350 e. The van der Waals surface area contributed by atoms with Crippen LogP contribution in [0.5, 0.6) is 0 Å². The Morgan fingerprint density at radius 1 is 1.06 bits per heavy atom. The smallest absolute Gasteiger partial charge is 0.251 e. The molecule has 0 spiro atoms. The zero-order chi connectivity index (χ0) is 13.9. The molecule has 0 bridgehead atoms. The van der Waals surface area contributed by atoms with Crippen molar-refractivity contribution < 1.29 is 13.2 Å². The lowest BCUT2D eigenvalue weighted by Gasteiger charge is -2.10. The molecule has 0 atom stereocenters. The van der Waals surface area contributed by atoms with Crippen LogP contribution in [0.25, 0.3) is 0 Å². The van der Waals surface area contributed by atoms with Crippen LogP contribution in [0.3, 0.4) is 0 Å². The Labute approximate surface area is 108 Å². The van der Waals surface area contributed by atoms with Gasteiger partial charge in [-0.3, -0.25) is 4.79 Å². The van der Waals surface area contributed by atoms with Crippen molar-refractivity contribution in [1.29, 1.82) is 0 Å². The number of carbonyl (C=O) groups is 1. The van der Waals surface area contributed by atoms with Gasteiger partial charge in [-0.1, -0.05) is 0 Å². The second kappa shape index (κ2) is 5.52. The SMILES string of the molecule is CC(C)NC(=O)c1ccc(S(=O)(=O)C(C)C)cc1.